The number of aryl methyl sites for hydroxylation is 3. The Bertz CT molecular complexity index is 849. The fourth-order valence-corrected chi connectivity index (χ4v) is 2.67. The van der Waals surface area contributed by atoms with E-state index in [1.807, 2.05) is 69.3 Å². The number of carbonyl (C=O) groups is 1. The highest BCUT2D eigenvalue weighted by molar-refractivity contribution is 6.09. The van der Waals surface area contributed by atoms with Gasteiger partial charge in [-0.05, 0) is 44.0 Å². The van der Waals surface area contributed by atoms with Gasteiger partial charge in [-0.3, -0.25) is 4.79 Å². The van der Waals surface area contributed by atoms with Gasteiger partial charge in [-0.15, -0.1) is 0 Å². The number of fused-ring (bicyclic) bond motifs is 1. The molecule has 0 radical (unpaired) electrons. The molecule has 21 heavy (non-hydrogen) atoms. The van der Waals surface area contributed by atoms with Gasteiger partial charge in [0, 0.05) is 10.9 Å². The zero-order chi connectivity index (χ0) is 15.0. The molecule has 3 rings (SSSR count). The first-order valence-electron chi connectivity index (χ1n) is 7.04. The maximum Gasteiger partial charge on any atom is 0.211 e. The molecule has 0 spiro atoms. The number of para-hydroxylation sites is 1. The van der Waals surface area contributed by atoms with Gasteiger partial charge in [0.25, 0.3) is 0 Å². The summed E-state index contributed by atoms with van der Waals surface area (Å²) in [5.41, 5.74) is 5.33. The van der Waals surface area contributed by atoms with Crippen LogP contribution in [0.2, 0.25) is 0 Å². The first kappa shape index (κ1) is 13.5. The van der Waals surface area contributed by atoms with Crippen molar-refractivity contribution in [3.8, 4) is 0 Å². The Kier molecular flexibility index (Phi) is 3.30. The molecular formula is C19H17NO. The van der Waals surface area contributed by atoms with E-state index in [4.69, 9.17) is 0 Å². The standard InChI is InChI=1S/C19H17NO/c1-12-8-9-16(13(2)10-12)19(21)18-11-14(3)15-6-4-5-7-17(15)20-18/h4-11H,1-3H3. The van der Waals surface area contributed by atoms with Crippen molar-refractivity contribution in [3.63, 3.8) is 0 Å². The van der Waals surface area contributed by atoms with Crippen LogP contribution >= 0.6 is 0 Å². The first-order chi connectivity index (χ1) is 10.1. The number of hydrogen-bond acceptors (Lipinski definition) is 2. The molecule has 0 saturated heterocycles. The minimum atomic E-state index is -0.0126. The Morgan fingerprint density at radius 2 is 1.67 bits per heavy atom. The van der Waals surface area contributed by atoms with Gasteiger partial charge in [-0.2, -0.15) is 0 Å². The topological polar surface area (TPSA) is 30.0 Å². The van der Waals surface area contributed by atoms with Crippen molar-refractivity contribution in [2.24, 2.45) is 0 Å². The molecule has 0 amide bonds. The highest BCUT2D eigenvalue weighted by Crippen LogP contribution is 2.20. The number of ketones is 1. The fraction of sp³-hybridized carbons (Fsp3) is 0.158. The average molecular weight is 275 g/mol. The minimum Gasteiger partial charge on any atom is -0.287 e. The SMILES string of the molecule is Cc1ccc(C(=O)c2cc(C)c3ccccc3n2)c(C)c1. The van der Waals surface area contributed by atoms with E-state index in [-0.39, 0.29) is 5.78 Å². The smallest absolute Gasteiger partial charge is 0.211 e. The molecular weight excluding hydrogens is 258 g/mol. The van der Waals surface area contributed by atoms with Gasteiger partial charge in [0.05, 0.1) is 5.52 Å². The summed E-state index contributed by atoms with van der Waals surface area (Å²) in [6, 6.07) is 15.7. The Morgan fingerprint density at radius 3 is 2.43 bits per heavy atom. The van der Waals surface area contributed by atoms with E-state index >= 15 is 0 Å². The van der Waals surface area contributed by atoms with E-state index < -0.39 is 0 Å². The van der Waals surface area contributed by atoms with Crippen LogP contribution in [-0.4, -0.2) is 10.8 Å². The quantitative estimate of drug-likeness (QED) is 0.649. The van der Waals surface area contributed by atoms with Crippen LogP contribution in [0, 0.1) is 20.8 Å². The van der Waals surface area contributed by atoms with Gasteiger partial charge in [0.15, 0.2) is 0 Å². The van der Waals surface area contributed by atoms with Crippen LogP contribution in [0.3, 0.4) is 0 Å². The Labute approximate surface area is 124 Å². The second kappa shape index (κ2) is 5.13. The molecule has 0 atom stereocenters. The summed E-state index contributed by atoms with van der Waals surface area (Å²) in [5.74, 6) is -0.0126. The summed E-state index contributed by atoms with van der Waals surface area (Å²) >= 11 is 0. The zero-order valence-electron chi connectivity index (χ0n) is 12.5. The maximum absolute atomic E-state index is 12.7. The Morgan fingerprint density at radius 1 is 0.905 bits per heavy atom. The van der Waals surface area contributed by atoms with Crippen molar-refractivity contribution in [2.45, 2.75) is 20.8 Å². The van der Waals surface area contributed by atoms with Crippen LogP contribution in [0.1, 0.15) is 32.7 Å². The van der Waals surface area contributed by atoms with Gasteiger partial charge in [-0.1, -0.05) is 42.0 Å². The summed E-state index contributed by atoms with van der Waals surface area (Å²) in [6.45, 7) is 6.01. The van der Waals surface area contributed by atoms with Gasteiger partial charge >= 0.3 is 0 Å². The number of aromatic nitrogens is 1. The molecule has 0 unspecified atom stereocenters. The second-order valence-electron chi connectivity index (χ2n) is 5.49. The largest absolute Gasteiger partial charge is 0.287 e. The van der Waals surface area contributed by atoms with Crippen molar-refractivity contribution in [1.82, 2.24) is 4.98 Å². The van der Waals surface area contributed by atoms with E-state index in [0.29, 0.717) is 5.69 Å². The van der Waals surface area contributed by atoms with Crippen molar-refractivity contribution >= 4 is 16.7 Å². The summed E-state index contributed by atoms with van der Waals surface area (Å²) in [5, 5.41) is 1.09. The third-order valence-corrected chi connectivity index (χ3v) is 3.78. The number of benzene rings is 2. The van der Waals surface area contributed by atoms with Crippen LogP contribution in [-0.2, 0) is 0 Å². The molecule has 2 heteroatoms. The molecule has 1 aromatic heterocycles. The molecule has 0 aliphatic carbocycles. The lowest BCUT2D eigenvalue weighted by molar-refractivity contribution is 0.103. The third kappa shape index (κ3) is 2.45. The molecule has 0 saturated carbocycles. The Balaban J connectivity index is 2.13. The van der Waals surface area contributed by atoms with Gasteiger partial charge < -0.3 is 0 Å². The van der Waals surface area contributed by atoms with Crippen molar-refractivity contribution in [1.29, 1.82) is 0 Å². The van der Waals surface area contributed by atoms with E-state index in [1.54, 1.807) is 0 Å². The number of rotatable bonds is 2. The molecule has 1 heterocycles. The number of nitrogens with zero attached hydrogens (tertiary/aromatic N) is 1. The molecule has 2 aromatic carbocycles. The molecule has 0 N–H and O–H groups in total. The van der Waals surface area contributed by atoms with Gasteiger partial charge in [0.1, 0.15) is 5.69 Å². The lowest BCUT2D eigenvalue weighted by Crippen LogP contribution is -2.07. The summed E-state index contributed by atoms with van der Waals surface area (Å²) in [7, 11) is 0. The average Bonchev–Trinajstić information content (AvgIpc) is 2.46. The van der Waals surface area contributed by atoms with E-state index in [9.17, 15) is 4.79 Å². The molecule has 2 nitrogen and oxygen atoms in total. The summed E-state index contributed by atoms with van der Waals surface area (Å²) in [4.78, 5) is 17.2. The summed E-state index contributed by atoms with van der Waals surface area (Å²) in [6.07, 6.45) is 0. The number of carbonyl (C=O) groups excluding carboxylic acids is 1. The monoisotopic (exact) mass is 275 g/mol. The van der Waals surface area contributed by atoms with Crippen molar-refractivity contribution in [2.75, 3.05) is 0 Å². The van der Waals surface area contributed by atoms with Crippen LogP contribution in [0.15, 0.2) is 48.5 Å². The molecule has 0 fully saturated rings. The van der Waals surface area contributed by atoms with Crippen LogP contribution in [0.5, 0.6) is 0 Å². The molecule has 0 aliphatic heterocycles. The summed E-state index contributed by atoms with van der Waals surface area (Å²) < 4.78 is 0. The first-order valence-corrected chi connectivity index (χ1v) is 7.04. The van der Waals surface area contributed by atoms with E-state index in [1.165, 1.54) is 0 Å². The molecule has 0 bridgehead atoms. The Hall–Kier alpha value is -2.48. The molecule has 104 valence electrons. The number of hydrogen-bond donors (Lipinski definition) is 0. The molecule has 3 aromatic rings. The minimum absolute atomic E-state index is 0.0126. The number of pyridine rings is 1. The highest BCUT2D eigenvalue weighted by Gasteiger charge is 2.14. The predicted octanol–water partition coefficient (Wildman–Crippen LogP) is 4.39. The second-order valence-corrected chi connectivity index (χ2v) is 5.49. The fourth-order valence-electron chi connectivity index (χ4n) is 2.67. The van der Waals surface area contributed by atoms with E-state index in [0.717, 1.165) is 33.2 Å². The highest BCUT2D eigenvalue weighted by atomic mass is 16.1. The zero-order valence-corrected chi connectivity index (χ0v) is 12.5. The van der Waals surface area contributed by atoms with Crippen molar-refractivity contribution in [3.05, 3.63) is 76.5 Å². The van der Waals surface area contributed by atoms with Crippen LogP contribution in [0.25, 0.3) is 10.9 Å². The van der Waals surface area contributed by atoms with Gasteiger partial charge in [-0.25, -0.2) is 4.98 Å². The van der Waals surface area contributed by atoms with Crippen molar-refractivity contribution < 1.29 is 4.79 Å². The van der Waals surface area contributed by atoms with E-state index in [2.05, 4.69) is 4.98 Å². The van der Waals surface area contributed by atoms with Crippen LogP contribution in [0.4, 0.5) is 0 Å². The normalized spacial score (nSPS) is 10.8. The predicted molar refractivity (Wildman–Crippen MR) is 85.8 cm³/mol. The van der Waals surface area contributed by atoms with Gasteiger partial charge in [0.2, 0.25) is 5.78 Å². The lowest BCUT2D eigenvalue weighted by Gasteiger charge is -2.08. The maximum atomic E-state index is 12.7. The lowest BCUT2D eigenvalue weighted by atomic mass is 9.99. The third-order valence-electron chi connectivity index (χ3n) is 3.78. The van der Waals surface area contributed by atoms with Crippen LogP contribution < -0.4 is 0 Å². The molecule has 0 aliphatic rings.